The first-order chi connectivity index (χ1) is 10.4. The van der Waals surface area contributed by atoms with E-state index >= 15 is 0 Å². The zero-order valence-corrected chi connectivity index (χ0v) is 11.5. The fourth-order valence-corrected chi connectivity index (χ4v) is 2.24. The fraction of sp³-hybridized carbons (Fsp3) is 0.357. The zero-order chi connectivity index (χ0) is 16.3. The van der Waals surface area contributed by atoms with Crippen LogP contribution in [0.15, 0.2) is 24.3 Å². The largest absolute Gasteiger partial charge is 0.480 e. The van der Waals surface area contributed by atoms with Gasteiger partial charge in [0.1, 0.15) is 12.5 Å². The number of amides is 2. The molecule has 0 spiro atoms. The molecular formula is C14H14F2N2O4. The Bertz CT molecular complexity index is 608. The van der Waals surface area contributed by atoms with Crippen LogP contribution in [0.4, 0.5) is 14.5 Å². The number of nitrogens with one attached hydrogen (secondary N) is 1. The van der Waals surface area contributed by atoms with Gasteiger partial charge in [0.25, 0.3) is 0 Å². The third kappa shape index (κ3) is 3.21. The summed E-state index contributed by atoms with van der Waals surface area (Å²) in [6, 6.07) is 3.99. The molecule has 1 fully saturated rings. The molecule has 118 valence electrons. The standard InChI is InChI=1S/C14H14F2N2O4/c15-6-10(14(21)22)17-13(20)8-5-12(19)18(7-8)11-4-2-1-3-9(11)16/h1-4,8,10H,5-7H2,(H,17,20)(H,21,22). The molecule has 2 amide bonds. The number of carbonyl (C=O) groups excluding carboxylic acids is 2. The Balaban J connectivity index is 2.08. The summed E-state index contributed by atoms with van der Waals surface area (Å²) in [7, 11) is 0. The molecule has 1 saturated heterocycles. The Morgan fingerprint density at radius 2 is 2.09 bits per heavy atom. The second-order valence-electron chi connectivity index (χ2n) is 4.91. The van der Waals surface area contributed by atoms with Gasteiger partial charge in [-0.2, -0.15) is 0 Å². The Hall–Kier alpha value is -2.51. The molecule has 2 atom stereocenters. The molecule has 1 aliphatic rings. The number of carboxylic acid groups (broad SMARTS) is 1. The lowest BCUT2D eigenvalue weighted by Gasteiger charge is -2.18. The third-order valence-corrected chi connectivity index (χ3v) is 3.41. The zero-order valence-electron chi connectivity index (χ0n) is 11.5. The monoisotopic (exact) mass is 312 g/mol. The van der Waals surface area contributed by atoms with Crippen molar-refractivity contribution in [2.24, 2.45) is 5.92 Å². The van der Waals surface area contributed by atoms with Crippen LogP contribution in [0.2, 0.25) is 0 Å². The van der Waals surface area contributed by atoms with Gasteiger partial charge in [0, 0.05) is 13.0 Å². The second kappa shape index (κ2) is 6.50. The van der Waals surface area contributed by atoms with E-state index < -0.39 is 42.2 Å². The van der Waals surface area contributed by atoms with E-state index in [2.05, 4.69) is 0 Å². The van der Waals surface area contributed by atoms with E-state index in [1.165, 1.54) is 18.2 Å². The Labute approximate surface area is 124 Å². The highest BCUT2D eigenvalue weighted by Crippen LogP contribution is 2.27. The topological polar surface area (TPSA) is 86.7 Å². The maximum atomic E-state index is 13.7. The van der Waals surface area contributed by atoms with Crippen molar-refractivity contribution in [3.05, 3.63) is 30.1 Å². The average Bonchev–Trinajstić information content (AvgIpc) is 2.86. The maximum Gasteiger partial charge on any atom is 0.328 e. The number of hydrogen-bond donors (Lipinski definition) is 2. The van der Waals surface area contributed by atoms with E-state index in [-0.39, 0.29) is 18.7 Å². The van der Waals surface area contributed by atoms with Crippen LogP contribution in [0.1, 0.15) is 6.42 Å². The minimum absolute atomic E-state index is 0.0584. The molecule has 2 N–H and O–H groups in total. The van der Waals surface area contributed by atoms with Gasteiger partial charge in [0.05, 0.1) is 11.6 Å². The van der Waals surface area contributed by atoms with Gasteiger partial charge in [0.15, 0.2) is 6.04 Å². The summed E-state index contributed by atoms with van der Waals surface area (Å²) in [6.07, 6.45) is -0.182. The van der Waals surface area contributed by atoms with Crippen LogP contribution in [0.25, 0.3) is 0 Å². The molecule has 6 nitrogen and oxygen atoms in total. The van der Waals surface area contributed by atoms with Crippen molar-refractivity contribution in [3.63, 3.8) is 0 Å². The van der Waals surface area contributed by atoms with E-state index in [1.807, 2.05) is 5.32 Å². The number of para-hydroxylation sites is 1. The third-order valence-electron chi connectivity index (χ3n) is 3.41. The second-order valence-corrected chi connectivity index (χ2v) is 4.91. The molecule has 22 heavy (non-hydrogen) atoms. The van der Waals surface area contributed by atoms with E-state index in [1.54, 1.807) is 6.07 Å². The predicted octanol–water partition coefficient (Wildman–Crippen LogP) is 0.717. The average molecular weight is 312 g/mol. The number of benzene rings is 1. The summed E-state index contributed by atoms with van der Waals surface area (Å²) < 4.78 is 26.2. The summed E-state index contributed by atoms with van der Waals surface area (Å²) >= 11 is 0. The Morgan fingerprint density at radius 3 is 2.68 bits per heavy atom. The number of anilines is 1. The van der Waals surface area contributed by atoms with Gasteiger partial charge >= 0.3 is 5.97 Å². The molecule has 0 saturated carbocycles. The number of carbonyl (C=O) groups is 3. The molecular weight excluding hydrogens is 298 g/mol. The van der Waals surface area contributed by atoms with Gasteiger partial charge in [-0.25, -0.2) is 13.6 Å². The quantitative estimate of drug-likeness (QED) is 0.838. The van der Waals surface area contributed by atoms with Crippen molar-refractivity contribution in [1.29, 1.82) is 0 Å². The highest BCUT2D eigenvalue weighted by Gasteiger charge is 2.37. The maximum absolute atomic E-state index is 13.7. The lowest BCUT2D eigenvalue weighted by atomic mass is 10.1. The molecule has 0 aromatic heterocycles. The van der Waals surface area contributed by atoms with Gasteiger partial charge in [-0.1, -0.05) is 12.1 Å². The van der Waals surface area contributed by atoms with Crippen molar-refractivity contribution >= 4 is 23.5 Å². The van der Waals surface area contributed by atoms with Gasteiger partial charge in [0.2, 0.25) is 11.8 Å². The van der Waals surface area contributed by atoms with Crippen molar-refractivity contribution in [1.82, 2.24) is 5.32 Å². The van der Waals surface area contributed by atoms with E-state index in [0.717, 1.165) is 4.90 Å². The van der Waals surface area contributed by atoms with Crippen LogP contribution < -0.4 is 10.2 Å². The first-order valence-electron chi connectivity index (χ1n) is 6.58. The highest BCUT2D eigenvalue weighted by atomic mass is 19.1. The normalized spacial score (nSPS) is 19.1. The van der Waals surface area contributed by atoms with Crippen molar-refractivity contribution in [2.75, 3.05) is 18.1 Å². The van der Waals surface area contributed by atoms with E-state index in [0.29, 0.717) is 0 Å². The molecule has 2 unspecified atom stereocenters. The number of halogens is 2. The number of hydrogen-bond acceptors (Lipinski definition) is 3. The summed E-state index contributed by atoms with van der Waals surface area (Å²) in [5.41, 5.74) is 0.0584. The van der Waals surface area contributed by atoms with Crippen LogP contribution in [0.3, 0.4) is 0 Å². The molecule has 0 bridgehead atoms. The lowest BCUT2D eigenvalue weighted by Crippen LogP contribution is -2.45. The van der Waals surface area contributed by atoms with Gasteiger partial charge < -0.3 is 15.3 Å². The van der Waals surface area contributed by atoms with E-state index in [4.69, 9.17) is 5.11 Å². The molecule has 0 radical (unpaired) electrons. The van der Waals surface area contributed by atoms with Crippen LogP contribution in [0.5, 0.6) is 0 Å². The summed E-state index contributed by atoms with van der Waals surface area (Å²) in [6.45, 7) is -1.33. The number of aliphatic carboxylic acids is 1. The number of carboxylic acids is 1. The van der Waals surface area contributed by atoms with Gasteiger partial charge in [-0.05, 0) is 12.1 Å². The minimum atomic E-state index is -1.65. The SMILES string of the molecule is O=C(NC(CF)C(=O)O)C1CC(=O)N(c2ccccc2F)C1. The lowest BCUT2D eigenvalue weighted by molar-refractivity contribution is -0.142. The summed E-state index contributed by atoms with van der Waals surface area (Å²) in [4.78, 5) is 35.7. The molecule has 2 rings (SSSR count). The summed E-state index contributed by atoms with van der Waals surface area (Å²) in [5, 5.41) is 10.7. The number of rotatable bonds is 5. The van der Waals surface area contributed by atoms with E-state index in [9.17, 15) is 23.2 Å². The molecule has 1 aromatic rings. The molecule has 8 heteroatoms. The smallest absolute Gasteiger partial charge is 0.328 e. The first-order valence-corrected chi connectivity index (χ1v) is 6.58. The van der Waals surface area contributed by atoms with Crippen LogP contribution in [-0.2, 0) is 14.4 Å². The van der Waals surface area contributed by atoms with Crippen molar-refractivity contribution < 1.29 is 28.3 Å². The van der Waals surface area contributed by atoms with Crippen LogP contribution in [-0.4, -0.2) is 42.2 Å². The molecule has 1 aliphatic heterocycles. The Morgan fingerprint density at radius 1 is 1.41 bits per heavy atom. The van der Waals surface area contributed by atoms with Crippen LogP contribution >= 0.6 is 0 Å². The van der Waals surface area contributed by atoms with Gasteiger partial charge in [-0.3, -0.25) is 9.59 Å². The van der Waals surface area contributed by atoms with Crippen molar-refractivity contribution in [2.45, 2.75) is 12.5 Å². The summed E-state index contributed by atoms with van der Waals surface area (Å²) in [5.74, 6) is -4.12. The van der Waals surface area contributed by atoms with Crippen molar-refractivity contribution in [3.8, 4) is 0 Å². The minimum Gasteiger partial charge on any atom is -0.480 e. The molecule has 1 heterocycles. The first kappa shape index (κ1) is 15.9. The highest BCUT2D eigenvalue weighted by molar-refractivity contribution is 6.00. The molecule has 1 aromatic carbocycles. The molecule has 0 aliphatic carbocycles. The number of nitrogens with zero attached hydrogens (tertiary/aromatic N) is 1. The van der Waals surface area contributed by atoms with Gasteiger partial charge in [-0.15, -0.1) is 0 Å². The predicted molar refractivity (Wildman–Crippen MR) is 72.4 cm³/mol. The Kier molecular flexibility index (Phi) is 4.69. The van der Waals surface area contributed by atoms with Crippen LogP contribution in [0, 0.1) is 11.7 Å². The fourth-order valence-electron chi connectivity index (χ4n) is 2.24. The number of alkyl halides is 1.